The molecule has 8 rings (SSSR count). The fourth-order valence-corrected chi connectivity index (χ4v) is 9.97. The van der Waals surface area contributed by atoms with Gasteiger partial charge in [-0.25, -0.2) is 4.89 Å². The van der Waals surface area contributed by atoms with E-state index in [1.54, 1.807) is 18.4 Å². The van der Waals surface area contributed by atoms with Crippen LogP contribution in [0.3, 0.4) is 0 Å². The summed E-state index contributed by atoms with van der Waals surface area (Å²) >= 11 is 1.70. The Kier molecular flexibility index (Phi) is 4.05. The van der Waals surface area contributed by atoms with Gasteiger partial charge < -0.3 is 9.84 Å². The summed E-state index contributed by atoms with van der Waals surface area (Å²) in [5.74, 6) is 1.95. The van der Waals surface area contributed by atoms with Crippen LogP contribution in [0.4, 0.5) is 0 Å². The number of phenols is 1. The molecule has 2 spiro atoms. The molecule has 5 unspecified atom stereocenters. The van der Waals surface area contributed by atoms with E-state index in [0.717, 1.165) is 27.8 Å². The van der Waals surface area contributed by atoms with Crippen molar-refractivity contribution in [3.8, 4) is 26.6 Å². The zero-order valence-electron chi connectivity index (χ0n) is 20.1. The van der Waals surface area contributed by atoms with Gasteiger partial charge in [0.25, 0.3) is 5.79 Å². The number of ether oxygens (including phenoxy) is 1. The van der Waals surface area contributed by atoms with Gasteiger partial charge in [-0.05, 0) is 97.9 Å². The van der Waals surface area contributed by atoms with Crippen LogP contribution in [0.2, 0.25) is 0 Å². The smallest absolute Gasteiger partial charge is 0.260 e. The van der Waals surface area contributed by atoms with Gasteiger partial charge in [-0.3, -0.25) is 0 Å². The van der Waals surface area contributed by atoms with Crippen LogP contribution in [0.5, 0.6) is 5.75 Å². The standard InChI is InChI=1S/C30H30O4S/c1-17-3-5-18(6-4-17)26-9-10-27(35-26)24-8-7-19(14-25(24)31)30(32-2)29(33-34-30)22-12-20-11-21-13-23(29)16-28(20,21)15-22/h3-10,14,20-23,31H,11-13,15-16H2,1-2H3. The van der Waals surface area contributed by atoms with Gasteiger partial charge in [-0.1, -0.05) is 35.9 Å². The van der Waals surface area contributed by atoms with E-state index in [0.29, 0.717) is 17.3 Å². The van der Waals surface area contributed by atoms with E-state index in [4.69, 9.17) is 14.5 Å². The van der Waals surface area contributed by atoms with Gasteiger partial charge >= 0.3 is 0 Å². The molecule has 2 heterocycles. The number of benzene rings is 2. The third-order valence-electron chi connectivity index (χ3n) is 10.5. The van der Waals surface area contributed by atoms with Gasteiger partial charge in [-0.2, -0.15) is 4.89 Å². The molecule has 4 aliphatic carbocycles. The van der Waals surface area contributed by atoms with E-state index < -0.39 is 11.4 Å². The predicted octanol–water partition coefficient (Wildman–Crippen LogP) is 7.05. The highest BCUT2D eigenvalue weighted by molar-refractivity contribution is 7.18. The van der Waals surface area contributed by atoms with Gasteiger partial charge in [0.1, 0.15) is 5.75 Å². The number of rotatable bonds is 4. The number of hydrogen-bond acceptors (Lipinski definition) is 5. The predicted molar refractivity (Wildman–Crippen MR) is 135 cm³/mol. The maximum Gasteiger partial charge on any atom is 0.260 e. The Morgan fingerprint density at radius 1 is 0.857 bits per heavy atom. The monoisotopic (exact) mass is 486 g/mol. The maximum absolute atomic E-state index is 11.2. The Morgan fingerprint density at radius 2 is 1.54 bits per heavy atom. The third kappa shape index (κ3) is 2.39. The minimum Gasteiger partial charge on any atom is -0.507 e. The molecule has 2 aromatic carbocycles. The topological polar surface area (TPSA) is 47.9 Å². The summed E-state index contributed by atoms with van der Waals surface area (Å²) in [6, 6.07) is 18.7. The first-order chi connectivity index (χ1) is 17.0. The average molecular weight is 487 g/mol. The van der Waals surface area contributed by atoms with Gasteiger partial charge in [-0.15, -0.1) is 11.3 Å². The molecule has 5 fully saturated rings. The second kappa shape index (κ2) is 6.77. The van der Waals surface area contributed by atoms with Crippen molar-refractivity contribution in [1.82, 2.24) is 0 Å². The summed E-state index contributed by atoms with van der Waals surface area (Å²) in [5, 5.41) is 11.2. The zero-order chi connectivity index (χ0) is 23.6. The molecule has 1 N–H and O–H groups in total. The number of fused-ring (bicyclic) bond motifs is 4. The van der Waals surface area contributed by atoms with Crippen LogP contribution in [0.1, 0.15) is 43.2 Å². The van der Waals surface area contributed by atoms with Crippen molar-refractivity contribution in [2.45, 2.75) is 50.4 Å². The molecule has 0 radical (unpaired) electrons. The summed E-state index contributed by atoms with van der Waals surface area (Å²) in [7, 11) is 1.73. The first-order valence-corrected chi connectivity index (χ1v) is 13.7. The summed E-state index contributed by atoms with van der Waals surface area (Å²) in [6.07, 6.45) is 6.35. The number of thiophene rings is 1. The number of methoxy groups -OCH3 is 1. The molecule has 5 atom stereocenters. The molecule has 5 heteroatoms. The second-order valence-electron chi connectivity index (χ2n) is 11.7. The number of aryl methyl sites for hydroxylation is 1. The molecular formula is C30H30O4S. The Labute approximate surface area is 209 Å². The van der Waals surface area contributed by atoms with Crippen molar-refractivity contribution in [3.63, 3.8) is 0 Å². The third-order valence-corrected chi connectivity index (χ3v) is 11.7. The molecule has 3 aromatic rings. The van der Waals surface area contributed by atoms with E-state index >= 15 is 0 Å². The molecule has 4 nitrogen and oxygen atoms in total. The number of phenolic OH excluding ortho intramolecular Hbond substituents is 1. The molecule has 35 heavy (non-hydrogen) atoms. The van der Waals surface area contributed by atoms with Crippen molar-refractivity contribution in [1.29, 1.82) is 0 Å². The van der Waals surface area contributed by atoms with Gasteiger partial charge in [0.2, 0.25) is 0 Å². The van der Waals surface area contributed by atoms with E-state index in [2.05, 4.69) is 49.4 Å². The van der Waals surface area contributed by atoms with Crippen LogP contribution < -0.4 is 0 Å². The Bertz CT molecular complexity index is 1310. The normalized spacial score (nSPS) is 40.1. The first-order valence-electron chi connectivity index (χ1n) is 12.9. The number of aromatic hydroxyl groups is 1. The summed E-state index contributed by atoms with van der Waals surface area (Å²) in [6.45, 7) is 2.10. The van der Waals surface area contributed by atoms with Crippen LogP contribution in [-0.2, 0) is 20.3 Å². The maximum atomic E-state index is 11.2. The molecule has 5 aliphatic rings. The van der Waals surface area contributed by atoms with Gasteiger partial charge in [0.05, 0.1) is 0 Å². The lowest BCUT2D eigenvalue weighted by atomic mass is 9.55. The van der Waals surface area contributed by atoms with Crippen molar-refractivity contribution < 1.29 is 19.6 Å². The molecule has 1 aliphatic heterocycles. The van der Waals surface area contributed by atoms with Gasteiger partial charge in [0.15, 0.2) is 5.60 Å². The summed E-state index contributed by atoms with van der Waals surface area (Å²) in [4.78, 5) is 14.3. The molecular weight excluding hydrogens is 456 g/mol. The lowest BCUT2D eigenvalue weighted by Crippen LogP contribution is -2.72. The van der Waals surface area contributed by atoms with E-state index in [9.17, 15) is 5.11 Å². The second-order valence-corrected chi connectivity index (χ2v) is 12.8. The highest BCUT2D eigenvalue weighted by Crippen LogP contribution is 2.81. The van der Waals surface area contributed by atoms with E-state index in [1.165, 1.54) is 48.1 Å². The van der Waals surface area contributed by atoms with E-state index in [1.807, 2.05) is 12.1 Å². The van der Waals surface area contributed by atoms with Crippen LogP contribution in [0.25, 0.3) is 20.9 Å². The SMILES string of the molecule is COC1(c2ccc(-c3ccc(-c4ccc(C)cc4)s3)c(O)c2)OOC12C1CC3CC4CC2CC34C1. The van der Waals surface area contributed by atoms with Gasteiger partial charge in [0, 0.05) is 28.0 Å². The quantitative estimate of drug-likeness (QED) is 0.401. The molecule has 1 saturated heterocycles. The fraction of sp³-hybridized carbons (Fsp3) is 0.467. The lowest BCUT2D eigenvalue weighted by molar-refractivity contribution is -0.638. The zero-order valence-corrected chi connectivity index (χ0v) is 20.9. The highest BCUT2D eigenvalue weighted by Gasteiger charge is 2.83. The largest absolute Gasteiger partial charge is 0.507 e. The Morgan fingerprint density at radius 3 is 2.17 bits per heavy atom. The summed E-state index contributed by atoms with van der Waals surface area (Å²) < 4.78 is 6.22. The average Bonchev–Trinajstić information content (AvgIpc) is 3.47. The van der Waals surface area contributed by atoms with Crippen LogP contribution in [-0.4, -0.2) is 17.8 Å². The Balaban J connectivity index is 1.15. The first kappa shape index (κ1) is 21.0. The molecule has 4 saturated carbocycles. The Hall–Kier alpha value is -2.18. The van der Waals surface area contributed by atoms with E-state index in [-0.39, 0.29) is 5.75 Å². The minimum atomic E-state index is -0.950. The van der Waals surface area contributed by atoms with Crippen LogP contribution >= 0.6 is 11.3 Å². The lowest BCUT2D eigenvalue weighted by Gasteiger charge is -2.61. The van der Waals surface area contributed by atoms with Crippen LogP contribution in [0.15, 0.2) is 54.6 Å². The van der Waals surface area contributed by atoms with Crippen molar-refractivity contribution in [3.05, 3.63) is 65.7 Å². The fourth-order valence-electron chi connectivity index (χ4n) is 8.93. The molecule has 0 amide bonds. The highest BCUT2D eigenvalue weighted by atomic mass is 32.1. The molecule has 3 bridgehead atoms. The molecule has 1 aromatic heterocycles. The van der Waals surface area contributed by atoms with Crippen molar-refractivity contribution in [2.75, 3.05) is 7.11 Å². The summed E-state index contributed by atoms with van der Waals surface area (Å²) in [5.41, 5.74) is 4.29. The molecule has 180 valence electrons. The van der Waals surface area contributed by atoms with Crippen molar-refractivity contribution >= 4 is 11.3 Å². The van der Waals surface area contributed by atoms with Crippen molar-refractivity contribution in [2.24, 2.45) is 29.1 Å². The van der Waals surface area contributed by atoms with Crippen LogP contribution in [0, 0.1) is 36.0 Å². The number of hydrogen-bond donors (Lipinski definition) is 1. The minimum absolute atomic E-state index is 0.257.